The van der Waals surface area contributed by atoms with Gasteiger partial charge in [0, 0.05) is 19.7 Å². The van der Waals surface area contributed by atoms with Crippen LogP contribution in [0.2, 0.25) is 0 Å². The quantitative estimate of drug-likeness (QED) is 0.703. The zero-order valence-corrected chi connectivity index (χ0v) is 8.08. The lowest BCUT2D eigenvalue weighted by molar-refractivity contribution is -0.117. The fourth-order valence-corrected chi connectivity index (χ4v) is 1.12. The van der Waals surface area contributed by atoms with Gasteiger partial charge in [-0.3, -0.25) is 9.48 Å². The molecule has 0 saturated heterocycles. The molecule has 1 aromatic heterocycles. The molecule has 0 radical (unpaired) electrons. The fraction of sp³-hybridized carbons (Fsp3) is 0.556. The molecule has 0 aliphatic carbocycles. The van der Waals surface area contributed by atoms with E-state index in [1.807, 2.05) is 20.2 Å². The first kappa shape index (κ1) is 9.92. The van der Waals surface area contributed by atoms with Crippen LogP contribution in [0.1, 0.15) is 12.5 Å². The molecule has 1 N–H and O–H groups in total. The van der Waals surface area contributed by atoms with Crippen LogP contribution < -0.4 is 5.32 Å². The van der Waals surface area contributed by atoms with Crippen LogP contribution in [0.3, 0.4) is 0 Å². The predicted molar refractivity (Wildman–Crippen MR) is 50.5 cm³/mol. The van der Waals surface area contributed by atoms with Gasteiger partial charge < -0.3 is 5.32 Å². The Labute approximate surface area is 77.9 Å². The molecular formula is C9H15N3O. The summed E-state index contributed by atoms with van der Waals surface area (Å²) < 4.78 is 1.70. The zero-order valence-electron chi connectivity index (χ0n) is 8.08. The molecule has 0 unspecified atom stereocenters. The van der Waals surface area contributed by atoms with Crippen molar-refractivity contribution >= 4 is 5.78 Å². The molecule has 13 heavy (non-hydrogen) atoms. The van der Waals surface area contributed by atoms with Crippen LogP contribution in [0.4, 0.5) is 0 Å². The highest BCUT2D eigenvalue weighted by Crippen LogP contribution is 1.97. The SMILES string of the molecule is CCNCC(=O)Cc1cnn(C)c1. The van der Waals surface area contributed by atoms with E-state index in [1.165, 1.54) is 0 Å². The van der Waals surface area contributed by atoms with E-state index in [9.17, 15) is 4.79 Å². The molecule has 72 valence electrons. The number of nitrogens with zero attached hydrogens (tertiary/aromatic N) is 2. The van der Waals surface area contributed by atoms with Gasteiger partial charge in [0.2, 0.25) is 0 Å². The standard InChI is InChI=1S/C9H15N3O/c1-3-10-6-9(13)4-8-5-11-12(2)7-8/h5,7,10H,3-4,6H2,1-2H3. The summed E-state index contributed by atoms with van der Waals surface area (Å²) in [6, 6.07) is 0. The Balaban J connectivity index is 2.36. The molecular weight excluding hydrogens is 166 g/mol. The van der Waals surface area contributed by atoms with Crippen molar-refractivity contribution in [1.82, 2.24) is 15.1 Å². The van der Waals surface area contributed by atoms with Gasteiger partial charge in [-0.1, -0.05) is 6.92 Å². The summed E-state index contributed by atoms with van der Waals surface area (Å²) in [5.74, 6) is 0.204. The summed E-state index contributed by atoms with van der Waals surface area (Å²) in [5.41, 5.74) is 0.977. The molecule has 0 aliphatic rings. The third-order valence-corrected chi connectivity index (χ3v) is 1.73. The summed E-state index contributed by atoms with van der Waals surface area (Å²) in [5, 5.41) is 6.99. The van der Waals surface area contributed by atoms with E-state index < -0.39 is 0 Å². The van der Waals surface area contributed by atoms with Crippen molar-refractivity contribution in [2.24, 2.45) is 7.05 Å². The largest absolute Gasteiger partial charge is 0.310 e. The molecule has 0 aromatic carbocycles. The highest BCUT2D eigenvalue weighted by atomic mass is 16.1. The van der Waals surface area contributed by atoms with E-state index in [0.717, 1.165) is 12.1 Å². The van der Waals surface area contributed by atoms with Crippen LogP contribution in [-0.2, 0) is 18.3 Å². The average Bonchev–Trinajstić information content (AvgIpc) is 2.48. The van der Waals surface area contributed by atoms with Gasteiger partial charge >= 0.3 is 0 Å². The minimum atomic E-state index is 0.204. The fourth-order valence-electron chi connectivity index (χ4n) is 1.12. The summed E-state index contributed by atoms with van der Waals surface area (Å²) in [6.45, 7) is 3.27. The van der Waals surface area contributed by atoms with Gasteiger partial charge in [0.15, 0.2) is 5.78 Å². The highest BCUT2D eigenvalue weighted by molar-refractivity contribution is 5.82. The lowest BCUT2D eigenvalue weighted by atomic mass is 10.2. The van der Waals surface area contributed by atoms with Gasteiger partial charge in [-0.05, 0) is 12.1 Å². The smallest absolute Gasteiger partial charge is 0.151 e. The minimum absolute atomic E-state index is 0.204. The number of likely N-dealkylation sites (N-methyl/N-ethyl adjacent to an activating group) is 1. The van der Waals surface area contributed by atoms with Crippen molar-refractivity contribution in [2.75, 3.05) is 13.1 Å². The van der Waals surface area contributed by atoms with Gasteiger partial charge in [-0.15, -0.1) is 0 Å². The van der Waals surface area contributed by atoms with Crippen molar-refractivity contribution < 1.29 is 4.79 Å². The summed E-state index contributed by atoms with van der Waals surface area (Å²) in [7, 11) is 1.85. The number of Topliss-reactive ketones (excluding diaryl/α,β-unsaturated/α-hetero) is 1. The van der Waals surface area contributed by atoms with Crippen molar-refractivity contribution in [3.63, 3.8) is 0 Å². The summed E-state index contributed by atoms with van der Waals surface area (Å²) >= 11 is 0. The molecule has 0 saturated carbocycles. The van der Waals surface area contributed by atoms with Crippen LogP contribution in [0.25, 0.3) is 0 Å². The lowest BCUT2D eigenvalue weighted by Gasteiger charge is -1.98. The molecule has 1 aromatic rings. The number of nitrogens with one attached hydrogen (secondary N) is 1. The van der Waals surface area contributed by atoms with Crippen LogP contribution in [0, 0.1) is 0 Å². The van der Waals surface area contributed by atoms with Gasteiger partial charge in [0.25, 0.3) is 0 Å². The topological polar surface area (TPSA) is 46.9 Å². The van der Waals surface area contributed by atoms with Gasteiger partial charge in [0.05, 0.1) is 12.7 Å². The second kappa shape index (κ2) is 4.77. The number of hydrogen-bond donors (Lipinski definition) is 1. The first-order valence-electron chi connectivity index (χ1n) is 4.42. The molecule has 0 atom stereocenters. The number of ketones is 1. The van der Waals surface area contributed by atoms with E-state index in [4.69, 9.17) is 0 Å². The summed E-state index contributed by atoms with van der Waals surface area (Å²) in [4.78, 5) is 11.3. The van der Waals surface area contributed by atoms with Gasteiger partial charge in [-0.25, -0.2) is 0 Å². The number of rotatable bonds is 5. The number of aromatic nitrogens is 2. The van der Waals surface area contributed by atoms with Crippen LogP contribution in [0.5, 0.6) is 0 Å². The van der Waals surface area contributed by atoms with Gasteiger partial charge in [0.1, 0.15) is 0 Å². The Morgan fingerprint density at radius 2 is 2.46 bits per heavy atom. The molecule has 0 aliphatic heterocycles. The third kappa shape index (κ3) is 3.38. The van der Waals surface area contributed by atoms with Crippen molar-refractivity contribution in [3.8, 4) is 0 Å². The maximum absolute atomic E-state index is 11.3. The molecule has 0 bridgehead atoms. The third-order valence-electron chi connectivity index (χ3n) is 1.73. The monoisotopic (exact) mass is 181 g/mol. The maximum atomic E-state index is 11.3. The van der Waals surface area contributed by atoms with Crippen LogP contribution >= 0.6 is 0 Å². The first-order valence-corrected chi connectivity index (χ1v) is 4.42. The Hall–Kier alpha value is -1.16. The number of carbonyl (C=O) groups excluding carboxylic acids is 1. The molecule has 4 heteroatoms. The normalized spacial score (nSPS) is 10.3. The molecule has 1 heterocycles. The zero-order chi connectivity index (χ0) is 9.68. The van der Waals surface area contributed by atoms with E-state index >= 15 is 0 Å². The average molecular weight is 181 g/mol. The van der Waals surface area contributed by atoms with E-state index in [-0.39, 0.29) is 5.78 Å². The number of hydrogen-bond acceptors (Lipinski definition) is 3. The van der Waals surface area contributed by atoms with Crippen molar-refractivity contribution in [2.45, 2.75) is 13.3 Å². The van der Waals surface area contributed by atoms with Crippen LogP contribution in [0.15, 0.2) is 12.4 Å². The van der Waals surface area contributed by atoms with E-state index in [2.05, 4.69) is 10.4 Å². The lowest BCUT2D eigenvalue weighted by Crippen LogP contribution is -2.23. The Kier molecular flexibility index (Phi) is 3.64. The Morgan fingerprint density at radius 1 is 1.69 bits per heavy atom. The second-order valence-corrected chi connectivity index (χ2v) is 3.02. The Bertz CT molecular complexity index is 280. The first-order chi connectivity index (χ1) is 6.22. The molecule has 0 amide bonds. The maximum Gasteiger partial charge on any atom is 0.151 e. The molecule has 0 spiro atoms. The molecule has 4 nitrogen and oxygen atoms in total. The number of carbonyl (C=O) groups is 1. The van der Waals surface area contributed by atoms with E-state index in [0.29, 0.717) is 13.0 Å². The second-order valence-electron chi connectivity index (χ2n) is 3.02. The van der Waals surface area contributed by atoms with E-state index in [1.54, 1.807) is 10.9 Å². The highest BCUT2D eigenvalue weighted by Gasteiger charge is 2.03. The van der Waals surface area contributed by atoms with Crippen LogP contribution in [-0.4, -0.2) is 28.7 Å². The Morgan fingerprint density at radius 3 is 3.00 bits per heavy atom. The molecule has 0 fully saturated rings. The van der Waals surface area contributed by atoms with Crippen molar-refractivity contribution in [1.29, 1.82) is 0 Å². The molecule has 1 rings (SSSR count). The predicted octanol–water partition coefficient (Wildman–Crippen LogP) is 0.141. The summed E-state index contributed by atoms with van der Waals surface area (Å²) in [6.07, 6.45) is 4.06. The van der Waals surface area contributed by atoms with Crippen molar-refractivity contribution in [3.05, 3.63) is 18.0 Å². The minimum Gasteiger partial charge on any atom is -0.310 e. The number of aryl methyl sites for hydroxylation is 1. The van der Waals surface area contributed by atoms with Gasteiger partial charge in [-0.2, -0.15) is 5.10 Å².